The van der Waals surface area contributed by atoms with Gasteiger partial charge < -0.3 is 15.0 Å². The lowest BCUT2D eigenvalue weighted by Gasteiger charge is -2.33. The van der Waals surface area contributed by atoms with Gasteiger partial charge in [-0.15, -0.1) is 0 Å². The van der Waals surface area contributed by atoms with E-state index in [-0.39, 0.29) is 10.6 Å². The van der Waals surface area contributed by atoms with Crippen molar-refractivity contribution in [2.24, 2.45) is 7.05 Å². The van der Waals surface area contributed by atoms with Crippen LogP contribution in [0.2, 0.25) is 0 Å². The van der Waals surface area contributed by atoms with E-state index < -0.39 is 33.3 Å². The van der Waals surface area contributed by atoms with E-state index in [0.29, 0.717) is 11.3 Å². The smallest absolute Gasteiger partial charge is 0.241 e. The molecule has 164 valence electrons. The minimum absolute atomic E-state index is 0.174. The van der Waals surface area contributed by atoms with Crippen molar-refractivity contribution in [3.63, 3.8) is 0 Å². The van der Waals surface area contributed by atoms with Crippen molar-refractivity contribution in [3.8, 4) is 5.75 Å². The molecule has 0 aliphatic heterocycles. The summed E-state index contributed by atoms with van der Waals surface area (Å²) in [4.78, 5) is 16.9. The first-order chi connectivity index (χ1) is 14.5. The standard InChI is InChI=1S/C21H23FN4O4S/c1-14(25-31(29,30)18-9-5-8-17(27)11-18)20(28)24-21(2,19-12-23-13-26(19)3)15-6-4-7-16(22)10-15/h4-14,25,27H,1-3H3,(H,24,28). The molecule has 2 aromatic carbocycles. The third-order valence-corrected chi connectivity index (χ3v) is 6.50. The van der Waals surface area contributed by atoms with Gasteiger partial charge in [-0.2, -0.15) is 4.72 Å². The van der Waals surface area contributed by atoms with E-state index in [4.69, 9.17) is 0 Å². The number of amides is 1. The number of aryl methyl sites for hydroxylation is 1. The number of hydrogen-bond donors (Lipinski definition) is 3. The highest BCUT2D eigenvalue weighted by molar-refractivity contribution is 7.89. The van der Waals surface area contributed by atoms with Crippen LogP contribution in [0.3, 0.4) is 0 Å². The minimum Gasteiger partial charge on any atom is -0.508 e. The Labute approximate surface area is 179 Å². The maximum absolute atomic E-state index is 13.9. The number of phenols is 1. The van der Waals surface area contributed by atoms with Crippen molar-refractivity contribution in [2.75, 3.05) is 0 Å². The molecule has 1 heterocycles. The fraction of sp³-hybridized carbons (Fsp3) is 0.238. The topological polar surface area (TPSA) is 113 Å². The number of nitrogens with one attached hydrogen (secondary N) is 2. The Bertz CT molecular complexity index is 1210. The average Bonchev–Trinajstić information content (AvgIpc) is 3.14. The van der Waals surface area contributed by atoms with Crippen LogP contribution in [0.25, 0.3) is 0 Å². The number of benzene rings is 2. The molecule has 0 saturated carbocycles. The van der Waals surface area contributed by atoms with Gasteiger partial charge in [-0.05, 0) is 49.7 Å². The lowest BCUT2D eigenvalue weighted by molar-refractivity contribution is -0.123. The van der Waals surface area contributed by atoms with Gasteiger partial charge >= 0.3 is 0 Å². The molecular weight excluding hydrogens is 423 g/mol. The van der Waals surface area contributed by atoms with Crippen LogP contribution >= 0.6 is 0 Å². The number of carbonyl (C=O) groups is 1. The molecule has 0 aliphatic rings. The van der Waals surface area contributed by atoms with Gasteiger partial charge in [-0.25, -0.2) is 17.8 Å². The number of hydrogen-bond acceptors (Lipinski definition) is 5. The summed E-state index contributed by atoms with van der Waals surface area (Å²) in [5.41, 5.74) is -0.142. The maximum atomic E-state index is 13.9. The zero-order valence-corrected chi connectivity index (χ0v) is 18.0. The first-order valence-corrected chi connectivity index (χ1v) is 10.9. The lowest BCUT2D eigenvalue weighted by Crippen LogP contribution is -2.52. The van der Waals surface area contributed by atoms with Crippen LogP contribution in [0.15, 0.2) is 66.0 Å². The van der Waals surface area contributed by atoms with Crippen LogP contribution in [0, 0.1) is 5.82 Å². The number of halogens is 1. The molecule has 0 saturated heterocycles. The molecule has 1 amide bonds. The lowest BCUT2D eigenvalue weighted by atomic mass is 9.88. The second-order valence-electron chi connectivity index (χ2n) is 7.35. The molecule has 0 bridgehead atoms. The molecule has 3 N–H and O–H groups in total. The van der Waals surface area contributed by atoms with Crippen molar-refractivity contribution in [3.05, 3.63) is 78.1 Å². The normalized spacial score (nSPS) is 14.6. The number of carbonyl (C=O) groups excluding carboxylic acids is 1. The third-order valence-electron chi connectivity index (χ3n) is 4.96. The number of sulfonamides is 1. The highest BCUT2D eigenvalue weighted by Gasteiger charge is 2.35. The minimum atomic E-state index is -4.06. The molecule has 3 rings (SSSR count). The van der Waals surface area contributed by atoms with Crippen LogP contribution in [0.4, 0.5) is 4.39 Å². The van der Waals surface area contributed by atoms with E-state index in [9.17, 15) is 22.7 Å². The van der Waals surface area contributed by atoms with Crippen LogP contribution in [0.5, 0.6) is 5.75 Å². The third kappa shape index (κ3) is 4.75. The first kappa shape index (κ1) is 22.4. The van der Waals surface area contributed by atoms with E-state index in [1.54, 1.807) is 37.1 Å². The summed E-state index contributed by atoms with van der Waals surface area (Å²) in [5, 5.41) is 12.4. The maximum Gasteiger partial charge on any atom is 0.241 e. The summed E-state index contributed by atoms with van der Waals surface area (Å²) < 4.78 is 43.1. The van der Waals surface area contributed by atoms with Crippen molar-refractivity contribution in [1.82, 2.24) is 19.6 Å². The number of phenolic OH excluding ortho intramolecular Hbond substituents is 1. The Kier molecular flexibility index (Phi) is 6.14. The second kappa shape index (κ2) is 8.48. The van der Waals surface area contributed by atoms with Crippen molar-refractivity contribution in [2.45, 2.75) is 30.3 Å². The van der Waals surface area contributed by atoms with Gasteiger partial charge in [-0.1, -0.05) is 18.2 Å². The average molecular weight is 447 g/mol. The van der Waals surface area contributed by atoms with E-state index in [1.165, 1.54) is 43.3 Å². The molecular formula is C21H23FN4O4S. The summed E-state index contributed by atoms with van der Waals surface area (Å²) in [6.07, 6.45) is 3.10. The molecule has 0 aliphatic carbocycles. The van der Waals surface area contributed by atoms with Crippen LogP contribution in [-0.2, 0) is 27.4 Å². The molecule has 0 radical (unpaired) electrons. The Morgan fingerprint density at radius 3 is 2.55 bits per heavy atom. The SMILES string of the molecule is CC(NS(=O)(=O)c1cccc(O)c1)C(=O)NC(C)(c1cccc(F)c1)c1cncn1C. The van der Waals surface area contributed by atoms with Crippen LogP contribution in [0.1, 0.15) is 25.1 Å². The fourth-order valence-corrected chi connectivity index (χ4v) is 4.52. The van der Waals surface area contributed by atoms with Gasteiger partial charge in [0.1, 0.15) is 17.1 Å². The summed E-state index contributed by atoms with van der Waals surface area (Å²) in [5.74, 6) is -1.32. The molecule has 10 heteroatoms. The fourth-order valence-electron chi connectivity index (χ4n) is 3.28. The van der Waals surface area contributed by atoms with Crippen LogP contribution in [-0.4, -0.2) is 35.0 Å². The predicted molar refractivity (Wildman–Crippen MR) is 112 cm³/mol. The number of nitrogens with zero attached hydrogens (tertiary/aromatic N) is 2. The molecule has 31 heavy (non-hydrogen) atoms. The van der Waals surface area contributed by atoms with Gasteiger partial charge in [0.25, 0.3) is 0 Å². The van der Waals surface area contributed by atoms with Gasteiger partial charge in [0.15, 0.2) is 0 Å². The van der Waals surface area contributed by atoms with Gasteiger partial charge in [0, 0.05) is 7.05 Å². The Hall–Kier alpha value is -3.24. The van der Waals surface area contributed by atoms with Crippen molar-refractivity contribution < 1.29 is 22.7 Å². The molecule has 2 unspecified atom stereocenters. The highest BCUT2D eigenvalue weighted by Crippen LogP contribution is 2.29. The van der Waals surface area contributed by atoms with Crippen LogP contribution < -0.4 is 10.0 Å². The Morgan fingerprint density at radius 1 is 1.23 bits per heavy atom. The highest BCUT2D eigenvalue weighted by atomic mass is 32.2. The number of aromatic nitrogens is 2. The second-order valence-corrected chi connectivity index (χ2v) is 9.07. The zero-order chi connectivity index (χ0) is 22.8. The summed E-state index contributed by atoms with van der Waals surface area (Å²) in [7, 11) is -2.33. The molecule has 0 spiro atoms. The number of aromatic hydroxyl groups is 1. The van der Waals surface area contributed by atoms with Crippen molar-refractivity contribution in [1.29, 1.82) is 0 Å². The van der Waals surface area contributed by atoms with E-state index >= 15 is 0 Å². The van der Waals surface area contributed by atoms with E-state index in [1.807, 2.05) is 0 Å². The number of imidazole rings is 1. The quantitative estimate of drug-likeness (QED) is 0.514. The molecule has 2 atom stereocenters. The summed E-state index contributed by atoms with van der Waals surface area (Å²) >= 11 is 0. The predicted octanol–water partition coefficient (Wildman–Crippen LogP) is 2.01. The van der Waals surface area contributed by atoms with E-state index in [2.05, 4.69) is 15.0 Å². The molecule has 0 fully saturated rings. The molecule has 3 aromatic rings. The number of rotatable bonds is 7. The molecule has 1 aromatic heterocycles. The summed E-state index contributed by atoms with van der Waals surface area (Å²) in [6.45, 7) is 3.08. The molecule has 8 nitrogen and oxygen atoms in total. The van der Waals surface area contributed by atoms with Gasteiger partial charge in [0.05, 0.1) is 29.2 Å². The van der Waals surface area contributed by atoms with Crippen molar-refractivity contribution >= 4 is 15.9 Å². The zero-order valence-electron chi connectivity index (χ0n) is 17.2. The Balaban J connectivity index is 1.89. The monoisotopic (exact) mass is 446 g/mol. The Morgan fingerprint density at radius 2 is 1.94 bits per heavy atom. The van der Waals surface area contributed by atoms with Gasteiger partial charge in [-0.3, -0.25) is 4.79 Å². The van der Waals surface area contributed by atoms with Gasteiger partial charge in [0.2, 0.25) is 15.9 Å². The van der Waals surface area contributed by atoms with E-state index in [0.717, 1.165) is 6.07 Å². The summed E-state index contributed by atoms with van der Waals surface area (Å²) in [6, 6.07) is 9.74. The largest absolute Gasteiger partial charge is 0.508 e. The first-order valence-electron chi connectivity index (χ1n) is 9.39.